The van der Waals surface area contributed by atoms with Crippen molar-refractivity contribution in [1.29, 1.82) is 0 Å². The number of guanidine groups is 1. The summed E-state index contributed by atoms with van der Waals surface area (Å²) in [6.07, 6.45) is 4.57. The van der Waals surface area contributed by atoms with Crippen LogP contribution in [0.1, 0.15) is 38.7 Å². The normalized spacial score (nSPS) is 17.7. The second kappa shape index (κ2) is 13.2. The van der Waals surface area contributed by atoms with E-state index in [4.69, 9.17) is 4.74 Å². The number of likely N-dealkylation sites (N-methyl/N-ethyl adjacent to an activating group) is 1. The largest absolute Gasteiger partial charge is 0.494 e. The number of likely N-dealkylation sites (tertiary alicyclic amines) is 1. The van der Waals surface area contributed by atoms with E-state index < -0.39 is 0 Å². The van der Waals surface area contributed by atoms with Crippen LogP contribution in [0.3, 0.4) is 0 Å². The molecule has 0 amide bonds. The Labute approximate surface area is 176 Å². The highest BCUT2D eigenvalue weighted by Crippen LogP contribution is 2.15. The second-order valence-electron chi connectivity index (χ2n) is 6.55. The predicted octanol–water partition coefficient (Wildman–Crippen LogP) is 3.29. The van der Waals surface area contributed by atoms with E-state index in [1.807, 2.05) is 13.1 Å². The Bertz CT molecular complexity index is 538. The molecule has 1 aromatic carbocycles. The van der Waals surface area contributed by atoms with Gasteiger partial charge in [-0.25, -0.2) is 0 Å². The molecule has 1 aliphatic rings. The first kappa shape index (κ1) is 23.0. The van der Waals surface area contributed by atoms with Gasteiger partial charge in [-0.1, -0.05) is 26.0 Å². The van der Waals surface area contributed by atoms with Crippen molar-refractivity contribution in [2.45, 2.75) is 45.6 Å². The molecule has 0 radical (unpaired) electrons. The SMILES string of the molecule is CCCOc1cccc(CCNC(=NC)NCC2CCCN2CC)c1.I. The van der Waals surface area contributed by atoms with E-state index in [0.29, 0.717) is 6.04 Å². The molecule has 2 rings (SSSR count). The molecule has 5 nitrogen and oxygen atoms in total. The summed E-state index contributed by atoms with van der Waals surface area (Å²) in [4.78, 5) is 6.88. The zero-order chi connectivity index (χ0) is 17.9. The van der Waals surface area contributed by atoms with Crippen LogP contribution >= 0.6 is 24.0 Å². The number of nitrogens with zero attached hydrogens (tertiary/aromatic N) is 2. The van der Waals surface area contributed by atoms with Crippen molar-refractivity contribution in [3.05, 3.63) is 29.8 Å². The van der Waals surface area contributed by atoms with Crippen LogP contribution in [0.4, 0.5) is 0 Å². The highest BCUT2D eigenvalue weighted by molar-refractivity contribution is 14.0. The van der Waals surface area contributed by atoms with Gasteiger partial charge in [0, 0.05) is 26.2 Å². The molecule has 6 heteroatoms. The molecule has 1 atom stereocenters. The Balaban J connectivity index is 0.00000338. The van der Waals surface area contributed by atoms with Crippen LogP contribution in [0.2, 0.25) is 0 Å². The molecular formula is C20H35IN4O. The van der Waals surface area contributed by atoms with Crippen molar-refractivity contribution in [2.24, 2.45) is 4.99 Å². The molecule has 0 aliphatic carbocycles. The average molecular weight is 474 g/mol. The Morgan fingerprint density at radius 1 is 1.31 bits per heavy atom. The molecule has 0 saturated carbocycles. The molecule has 1 unspecified atom stereocenters. The van der Waals surface area contributed by atoms with Crippen molar-refractivity contribution >= 4 is 29.9 Å². The summed E-state index contributed by atoms with van der Waals surface area (Å²) >= 11 is 0. The first-order valence-corrected chi connectivity index (χ1v) is 9.67. The average Bonchev–Trinajstić information content (AvgIpc) is 3.10. The number of nitrogens with one attached hydrogen (secondary N) is 2. The monoisotopic (exact) mass is 474 g/mol. The summed E-state index contributed by atoms with van der Waals surface area (Å²) in [5.74, 6) is 1.85. The molecule has 0 aromatic heterocycles. The topological polar surface area (TPSA) is 48.9 Å². The number of benzene rings is 1. The van der Waals surface area contributed by atoms with Crippen molar-refractivity contribution in [1.82, 2.24) is 15.5 Å². The lowest BCUT2D eigenvalue weighted by Crippen LogP contribution is -2.45. The minimum Gasteiger partial charge on any atom is -0.494 e. The van der Waals surface area contributed by atoms with Crippen molar-refractivity contribution < 1.29 is 4.74 Å². The predicted molar refractivity (Wildman–Crippen MR) is 121 cm³/mol. The lowest BCUT2D eigenvalue weighted by Gasteiger charge is -2.24. The fourth-order valence-corrected chi connectivity index (χ4v) is 3.31. The molecule has 0 bridgehead atoms. The van der Waals surface area contributed by atoms with Gasteiger partial charge in [0.15, 0.2) is 5.96 Å². The molecule has 1 aromatic rings. The standard InChI is InChI=1S/C20H34N4O.HI/c1-4-14-25-19-10-6-8-17(15-19)11-12-22-20(21-3)23-16-18-9-7-13-24(18)5-2;/h6,8,10,15,18H,4-5,7,9,11-14,16H2,1-3H3,(H2,21,22,23);1H. The Hall–Kier alpha value is -1.02. The van der Waals surface area contributed by atoms with Gasteiger partial charge in [0.25, 0.3) is 0 Å². The fraction of sp³-hybridized carbons (Fsp3) is 0.650. The van der Waals surface area contributed by atoms with Crippen molar-refractivity contribution in [3.8, 4) is 5.75 Å². The van der Waals surface area contributed by atoms with E-state index in [-0.39, 0.29) is 24.0 Å². The van der Waals surface area contributed by atoms with Crippen LogP contribution < -0.4 is 15.4 Å². The van der Waals surface area contributed by atoms with E-state index in [1.54, 1.807) is 0 Å². The maximum atomic E-state index is 5.70. The molecule has 2 N–H and O–H groups in total. The second-order valence-corrected chi connectivity index (χ2v) is 6.55. The van der Waals surface area contributed by atoms with Gasteiger partial charge in [-0.05, 0) is 56.5 Å². The molecule has 0 spiro atoms. The Kier molecular flexibility index (Phi) is 11.7. The highest BCUT2D eigenvalue weighted by Gasteiger charge is 2.22. The lowest BCUT2D eigenvalue weighted by atomic mass is 10.1. The van der Waals surface area contributed by atoms with Crippen LogP contribution in [0.5, 0.6) is 5.75 Å². The van der Waals surface area contributed by atoms with Crippen LogP contribution in [0, 0.1) is 0 Å². The number of halogens is 1. The van der Waals surface area contributed by atoms with E-state index >= 15 is 0 Å². The summed E-state index contributed by atoms with van der Waals surface area (Å²) in [7, 11) is 1.83. The minimum absolute atomic E-state index is 0. The van der Waals surface area contributed by atoms with Gasteiger partial charge in [0.05, 0.1) is 6.61 Å². The molecule has 26 heavy (non-hydrogen) atoms. The molecule has 1 saturated heterocycles. The number of hydrogen-bond acceptors (Lipinski definition) is 3. The van der Waals surface area contributed by atoms with E-state index in [1.165, 1.54) is 24.9 Å². The maximum absolute atomic E-state index is 5.70. The van der Waals surface area contributed by atoms with Crippen molar-refractivity contribution in [2.75, 3.05) is 39.8 Å². The zero-order valence-electron chi connectivity index (χ0n) is 16.5. The third kappa shape index (κ3) is 7.70. The lowest BCUT2D eigenvalue weighted by molar-refractivity contribution is 0.267. The van der Waals surface area contributed by atoms with Crippen LogP contribution in [-0.4, -0.2) is 56.7 Å². The van der Waals surface area contributed by atoms with Crippen LogP contribution in [0.25, 0.3) is 0 Å². The Morgan fingerprint density at radius 3 is 2.88 bits per heavy atom. The summed E-state index contributed by atoms with van der Waals surface area (Å²) < 4.78 is 5.70. The van der Waals surface area contributed by atoms with Gasteiger partial charge in [-0.2, -0.15) is 0 Å². The van der Waals surface area contributed by atoms with Crippen molar-refractivity contribution in [3.63, 3.8) is 0 Å². The third-order valence-corrected chi connectivity index (χ3v) is 4.71. The summed E-state index contributed by atoms with van der Waals surface area (Å²) in [6.45, 7) is 9.32. The number of aliphatic imine (C=N–C) groups is 1. The number of ether oxygens (including phenoxy) is 1. The molecular weight excluding hydrogens is 439 g/mol. The summed E-state index contributed by atoms with van der Waals surface area (Å²) in [5.41, 5.74) is 1.28. The molecule has 1 aliphatic heterocycles. The molecule has 1 heterocycles. The number of rotatable bonds is 9. The van der Waals surface area contributed by atoms with E-state index in [0.717, 1.165) is 50.8 Å². The minimum atomic E-state index is 0. The van der Waals surface area contributed by atoms with Crippen LogP contribution in [0.15, 0.2) is 29.3 Å². The number of hydrogen-bond donors (Lipinski definition) is 2. The van der Waals surface area contributed by atoms with Gasteiger partial charge in [-0.3, -0.25) is 9.89 Å². The fourth-order valence-electron chi connectivity index (χ4n) is 3.31. The smallest absolute Gasteiger partial charge is 0.191 e. The third-order valence-electron chi connectivity index (χ3n) is 4.71. The van der Waals surface area contributed by atoms with Crippen LogP contribution in [-0.2, 0) is 6.42 Å². The molecule has 148 valence electrons. The first-order chi connectivity index (χ1) is 12.3. The van der Waals surface area contributed by atoms with Gasteiger partial charge >= 0.3 is 0 Å². The van der Waals surface area contributed by atoms with Gasteiger partial charge in [0.2, 0.25) is 0 Å². The highest BCUT2D eigenvalue weighted by atomic mass is 127. The Morgan fingerprint density at radius 2 is 2.15 bits per heavy atom. The van der Waals surface area contributed by atoms with E-state index in [2.05, 4.69) is 52.6 Å². The zero-order valence-corrected chi connectivity index (χ0v) is 18.8. The maximum Gasteiger partial charge on any atom is 0.191 e. The summed E-state index contributed by atoms with van der Waals surface area (Å²) in [6, 6.07) is 9.00. The quantitative estimate of drug-likeness (QED) is 0.328. The first-order valence-electron chi connectivity index (χ1n) is 9.67. The summed E-state index contributed by atoms with van der Waals surface area (Å²) in [5, 5.41) is 6.89. The van der Waals surface area contributed by atoms with Gasteiger partial charge in [0.1, 0.15) is 5.75 Å². The van der Waals surface area contributed by atoms with Gasteiger partial charge < -0.3 is 15.4 Å². The molecule has 1 fully saturated rings. The van der Waals surface area contributed by atoms with E-state index in [9.17, 15) is 0 Å². The van der Waals surface area contributed by atoms with Gasteiger partial charge in [-0.15, -0.1) is 24.0 Å².